The van der Waals surface area contributed by atoms with E-state index in [0.717, 1.165) is 28.1 Å². The lowest BCUT2D eigenvalue weighted by atomic mass is 9.98. The number of benzene rings is 1. The molecule has 0 fully saturated rings. The zero-order chi connectivity index (χ0) is 16.9. The van der Waals surface area contributed by atoms with E-state index in [4.69, 9.17) is 0 Å². The van der Waals surface area contributed by atoms with Gasteiger partial charge in [0.15, 0.2) is 0 Å². The molecule has 24 heavy (non-hydrogen) atoms. The molecule has 2 heterocycles. The zero-order valence-electron chi connectivity index (χ0n) is 13.6. The molecule has 126 valence electrons. The lowest BCUT2D eigenvalue weighted by Gasteiger charge is -2.20. The number of aryl methyl sites for hydroxylation is 1. The van der Waals surface area contributed by atoms with Crippen molar-refractivity contribution >= 4 is 28.8 Å². The molecule has 0 bridgehead atoms. The van der Waals surface area contributed by atoms with Crippen LogP contribution in [0.5, 0.6) is 0 Å². The largest absolute Gasteiger partial charge is 0.350 e. The maximum atomic E-state index is 11.9. The molecule has 0 aliphatic carbocycles. The van der Waals surface area contributed by atoms with Crippen molar-refractivity contribution in [2.75, 3.05) is 11.9 Å². The molecule has 3 rings (SSSR count). The first-order chi connectivity index (χ1) is 11.6. The van der Waals surface area contributed by atoms with Gasteiger partial charge in [-0.25, -0.2) is 0 Å². The summed E-state index contributed by atoms with van der Waals surface area (Å²) in [7, 11) is 0. The molecule has 1 aliphatic rings. The van der Waals surface area contributed by atoms with Crippen LogP contribution in [-0.2, 0) is 22.6 Å². The fourth-order valence-electron chi connectivity index (χ4n) is 2.70. The summed E-state index contributed by atoms with van der Waals surface area (Å²) < 4.78 is 0. The van der Waals surface area contributed by atoms with Gasteiger partial charge in [0.1, 0.15) is 0 Å². The average molecular weight is 343 g/mol. The second-order valence-corrected chi connectivity index (χ2v) is 6.96. The molecular formula is C18H21N3O2S. The summed E-state index contributed by atoms with van der Waals surface area (Å²) in [6, 6.07) is 10.1. The Kier molecular flexibility index (Phi) is 5.27. The average Bonchev–Trinajstić information content (AvgIpc) is 3.11. The summed E-state index contributed by atoms with van der Waals surface area (Å²) in [5.74, 6) is 0.0595. The van der Waals surface area contributed by atoms with Crippen LogP contribution in [0.25, 0.3) is 0 Å². The number of thiophene rings is 1. The monoisotopic (exact) mass is 343 g/mol. The SMILES string of the molecule is C[C@H](NCC(=O)NCc1cccs1)c1ccc2c(c1)CCC(=O)N2. The van der Waals surface area contributed by atoms with Crippen molar-refractivity contribution in [3.8, 4) is 0 Å². The van der Waals surface area contributed by atoms with E-state index < -0.39 is 0 Å². The predicted molar refractivity (Wildman–Crippen MR) is 96.0 cm³/mol. The summed E-state index contributed by atoms with van der Waals surface area (Å²) in [5, 5.41) is 11.0. The highest BCUT2D eigenvalue weighted by Crippen LogP contribution is 2.25. The molecule has 1 aromatic carbocycles. The minimum Gasteiger partial charge on any atom is -0.350 e. The van der Waals surface area contributed by atoms with Gasteiger partial charge >= 0.3 is 0 Å². The topological polar surface area (TPSA) is 70.2 Å². The van der Waals surface area contributed by atoms with Crippen molar-refractivity contribution in [1.29, 1.82) is 0 Å². The minimum absolute atomic E-state index is 0.0135. The molecule has 0 radical (unpaired) electrons. The van der Waals surface area contributed by atoms with Crippen LogP contribution >= 0.6 is 11.3 Å². The number of hydrogen-bond acceptors (Lipinski definition) is 4. The van der Waals surface area contributed by atoms with E-state index >= 15 is 0 Å². The van der Waals surface area contributed by atoms with Gasteiger partial charge in [-0.2, -0.15) is 0 Å². The van der Waals surface area contributed by atoms with Gasteiger partial charge in [0.25, 0.3) is 0 Å². The second-order valence-electron chi connectivity index (χ2n) is 5.92. The zero-order valence-corrected chi connectivity index (χ0v) is 14.4. The van der Waals surface area contributed by atoms with Crippen LogP contribution in [-0.4, -0.2) is 18.4 Å². The Hall–Kier alpha value is -2.18. The smallest absolute Gasteiger partial charge is 0.234 e. The van der Waals surface area contributed by atoms with Crippen molar-refractivity contribution in [2.24, 2.45) is 0 Å². The molecular weight excluding hydrogens is 322 g/mol. The molecule has 0 saturated heterocycles. The number of carbonyl (C=O) groups is 2. The normalized spacial score (nSPS) is 14.6. The highest BCUT2D eigenvalue weighted by Gasteiger charge is 2.16. The van der Waals surface area contributed by atoms with Gasteiger partial charge in [-0.05, 0) is 42.0 Å². The predicted octanol–water partition coefficient (Wildman–Crippen LogP) is 2.60. The van der Waals surface area contributed by atoms with Crippen LogP contribution in [0.15, 0.2) is 35.7 Å². The van der Waals surface area contributed by atoms with Crippen molar-refractivity contribution in [3.05, 3.63) is 51.7 Å². The van der Waals surface area contributed by atoms with Crippen LogP contribution in [0.3, 0.4) is 0 Å². The minimum atomic E-state index is -0.0135. The molecule has 5 nitrogen and oxygen atoms in total. The van der Waals surface area contributed by atoms with E-state index in [1.807, 2.05) is 36.6 Å². The van der Waals surface area contributed by atoms with Gasteiger partial charge in [-0.3, -0.25) is 9.59 Å². The molecule has 6 heteroatoms. The van der Waals surface area contributed by atoms with Crippen molar-refractivity contribution < 1.29 is 9.59 Å². The number of rotatable bonds is 6. The Morgan fingerprint density at radius 1 is 1.33 bits per heavy atom. The van der Waals surface area contributed by atoms with E-state index in [1.54, 1.807) is 11.3 Å². The van der Waals surface area contributed by atoms with Crippen LogP contribution in [0.2, 0.25) is 0 Å². The molecule has 1 atom stereocenters. The highest BCUT2D eigenvalue weighted by atomic mass is 32.1. The quantitative estimate of drug-likeness (QED) is 0.755. The highest BCUT2D eigenvalue weighted by molar-refractivity contribution is 7.09. The standard InChI is InChI=1S/C18H21N3O2S/c1-12(19-11-18(23)20-10-15-3-2-8-24-15)13-4-6-16-14(9-13)5-7-17(22)21-16/h2-4,6,8-9,12,19H,5,7,10-11H2,1H3,(H,20,23)(H,21,22)/t12-/m0/s1. The molecule has 2 aromatic rings. The fraction of sp³-hybridized carbons (Fsp3) is 0.333. The summed E-state index contributed by atoms with van der Waals surface area (Å²) in [6.07, 6.45) is 1.30. The van der Waals surface area contributed by atoms with E-state index in [2.05, 4.69) is 22.0 Å². The third-order valence-corrected chi connectivity index (χ3v) is 5.01. The maximum absolute atomic E-state index is 11.9. The number of anilines is 1. The fourth-order valence-corrected chi connectivity index (χ4v) is 3.34. The van der Waals surface area contributed by atoms with Gasteiger partial charge in [0.05, 0.1) is 13.1 Å². The molecule has 0 spiro atoms. The number of fused-ring (bicyclic) bond motifs is 1. The van der Waals surface area contributed by atoms with E-state index in [0.29, 0.717) is 13.0 Å². The van der Waals surface area contributed by atoms with Gasteiger partial charge < -0.3 is 16.0 Å². The van der Waals surface area contributed by atoms with E-state index in [-0.39, 0.29) is 24.4 Å². The van der Waals surface area contributed by atoms with Crippen LogP contribution in [0.4, 0.5) is 5.69 Å². The van der Waals surface area contributed by atoms with Gasteiger partial charge in [-0.1, -0.05) is 18.2 Å². The number of hydrogen-bond donors (Lipinski definition) is 3. The van der Waals surface area contributed by atoms with Crippen molar-refractivity contribution in [3.63, 3.8) is 0 Å². The van der Waals surface area contributed by atoms with Crippen LogP contribution in [0.1, 0.15) is 35.4 Å². The number of nitrogens with one attached hydrogen (secondary N) is 3. The maximum Gasteiger partial charge on any atom is 0.234 e. The Balaban J connectivity index is 1.50. The van der Waals surface area contributed by atoms with E-state index in [9.17, 15) is 9.59 Å². The molecule has 0 saturated carbocycles. The Morgan fingerprint density at radius 3 is 3.00 bits per heavy atom. The van der Waals surface area contributed by atoms with E-state index in [1.165, 1.54) is 0 Å². The summed E-state index contributed by atoms with van der Waals surface area (Å²) >= 11 is 1.63. The van der Waals surface area contributed by atoms with Crippen LogP contribution in [0, 0.1) is 0 Å². The molecule has 1 aromatic heterocycles. The third-order valence-electron chi connectivity index (χ3n) is 4.13. The molecule has 1 aliphatic heterocycles. The first-order valence-corrected chi connectivity index (χ1v) is 8.95. The molecule has 3 N–H and O–H groups in total. The first-order valence-electron chi connectivity index (χ1n) is 8.07. The Morgan fingerprint density at radius 2 is 2.21 bits per heavy atom. The van der Waals surface area contributed by atoms with Gasteiger partial charge in [0.2, 0.25) is 11.8 Å². The lowest BCUT2D eigenvalue weighted by molar-refractivity contribution is -0.120. The summed E-state index contributed by atoms with van der Waals surface area (Å²) in [4.78, 5) is 24.5. The third kappa shape index (κ3) is 4.21. The Bertz CT molecular complexity index is 728. The number of amides is 2. The van der Waals surface area contributed by atoms with Crippen molar-refractivity contribution in [1.82, 2.24) is 10.6 Å². The number of carbonyl (C=O) groups excluding carboxylic acids is 2. The summed E-state index contributed by atoms with van der Waals surface area (Å²) in [5.41, 5.74) is 3.18. The van der Waals surface area contributed by atoms with Crippen LogP contribution < -0.4 is 16.0 Å². The first kappa shape index (κ1) is 16.7. The second kappa shape index (κ2) is 7.59. The molecule has 0 unspecified atom stereocenters. The van der Waals surface area contributed by atoms with Crippen molar-refractivity contribution in [2.45, 2.75) is 32.4 Å². The van der Waals surface area contributed by atoms with Gasteiger partial charge in [-0.15, -0.1) is 11.3 Å². The Labute approximate surface area is 145 Å². The summed E-state index contributed by atoms with van der Waals surface area (Å²) in [6.45, 7) is 2.89. The lowest BCUT2D eigenvalue weighted by Crippen LogP contribution is -2.34. The molecule has 2 amide bonds. The van der Waals surface area contributed by atoms with Gasteiger partial charge in [0, 0.05) is 23.0 Å².